The molecule has 3 heteroatoms. The Bertz CT molecular complexity index is 401. The van der Waals surface area contributed by atoms with Gasteiger partial charge in [0.15, 0.2) is 0 Å². The fourth-order valence-corrected chi connectivity index (χ4v) is 1.92. The maximum atomic E-state index is 13.3. The summed E-state index contributed by atoms with van der Waals surface area (Å²) in [5.74, 6) is 0.492. The predicted octanol–water partition coefficient (Wildman–Crippen LogP) is 3.02. The molecule has 1 unspecified atom stereocenters. The minimum atomic E-state index is -0.264. The maximum Gasteiger partial charge on any atom is 0.136 e. The molecule has 1 fully saturated rings. The first-order valence-corrected chi connectivity index (χ1v) is 5.59. The largest absolute Gasteiger partial charge is 0.490 e. The van der Waals surface area contributed by atoms with Crippen molar-refractivity contribution in [3.63, 3.8) is 0 Å². The van der Waals surface area contributed by atoms with Crippen LogP contribution in [-0.4, -0.2) is 11.9 Å². The molecule has 1 aliphatic rings. The fourth-order valence-electron chi connectivity index (χ4n) is 1.92. The smallest absolute Gasteiger partial charge is 0.136 e. The molecule has 0 aliphatic heterocycles. The van der Waals surface area contributed by atoms with Crippen molar-refractivity contribution in [3.8, 4) is 5.75 Å². The molecular weight excluding hydrogens is 207 g/mol. The van der Waals surface area contributed by atoms with Gasteiger partial charge < -0.3 is 4.74 Å². The van der Waals surface area contributed by atoms with Gasteiger partial charge in [-0.25, -0.2) is 4.39 Å². The third kappa shape index (κ3) is 2.60. The van der Waals surface area contributed by atoms with Crippen LogP contribution in [0.15, 0.2) is 18.2 Å². The van der Waals surface area contributed by atoms with E-state index in [-0.39, 0.29) is 17.7 Å². The average Bonchev–Trinajstić information content (AvgIpc) is 2.24. The Kier molecular flexibility index (Phi) is 3.22. The monoisotopic (exact) mass is 222 g/mol. The molecule has 1 aromatic rings. The van der Waals surface area contributed by atoms with Crippen molar-refractivity contribution in [2.45, 2.75) is 38.7 Å². The fraction of sp³-hybridized carbons (Fsp3) is 0.462. The van der Waals surface area contributed by atoms with E-state index in [2.05, 4.69) is 0 Å². The second-order valence-electron chi connectivity index (χ2n) is 4.29. The van der Waals surface area contributed by atoms with Gasteiger partial charge in [-0.2, -0.15) is 0 Å². The molecule has 0 N–H and O–H groups in total. The molecule has 16 heavy (non-hydrogen) atoms. The van der Waals surface area contributed by atoms with Gasteiger partial charge in [0.2, 0.25) is 0 Å². The number of ether oxygens (including phenoxy) is 1. The van der Waals surface area contributed by atoms with Crippen LogP contribution in [0.25, 0.3) is 0 Å². The number of Topliss-reactive ketones (excluding diaryl/α,β-unsaturated/α-hetero) is 1. The first-order valence-electron chi connectivity index (χ1n) is 5.59. The van der Waals surface area contributed by atoms with Crippen molar-refractivity contribution in [2.75, 3.05) is 0 Å². The van der Waals surface area contributed by atoms with Crippen LogP contribution in [0.5, 0.6) is 5.75 Å². The number of rotatable bonds is 2. The number of hydrogen-bond acceptors (Lipinski definition) is 2. The van der Waals surface area contributed by atoms with Crippen molar-refractivity contribution in [1.29, 1.82) is 0 Å². The third-order valence-electron chi connectivity index (χ3n) is 2.88. The van der Waals surface area contributed by atoms with Gasteiger partial charge >= 0.3 is 0 Å². The van der Waals surface area contributed by atoms with Crippen molar-refractivity contribution >= 4 is 5.78 Å². The van der Waals surface area contributed by atoms with E-state index in [1.165, 1.54) is 6.07 Å². The lowest BCUT2D eigenvalue weighted by atomic mass is 9.96. The molecule has 0 aromatic heterocycles. The minimum Gasteiger partial charge on any atom is -0.490 e. The van der Waals surface area contributed by atoms with Crippen LogP contribution in [-0.2, 0) is 4.79 Å². The Morgan fingerprint density at radius 2 is 2.25 bits per heavy atom. The molecule has 0 spiro atoms. The zero-order valence-corrected chi connectivity index (χ0v) is 9.33. The summed E-state index contributed by atoms with van der Waals surface area (Å²) in [6.45, 7) is 1.71. The number of benzene rings is 1. The normalized spacial score (nSPS) is 20.9. The highest BCUT2D eigenvalue weighted by Crippen LogP contribution is 2.23. The number of carbonyl (C=O) groups is 1. The zero-order chi connectivity index (χ0) is 11.5. The van der Waals surface area contributed by atoms with Crippen LogP contribution in [0, 0.1) is 12.7 Å². The molecule has 0 radical (unpaired) electrons. The van der Waals surface area contributed by atoms with Crippen LogP contribution in [0.2, 0.25) is 0 Å². The molecule has 0 saturated heterocycles. The number of ketones is 1. The van der Waals surface area contributed by atoms with Gasteiger partial charge in [0, 0.05) is 18.9 Å². The maximum absolute atomic E-state index is 13.3. The summed E-state index contributed by atoms with van der Waals surface area (Å²) in [6.07, 6.45) is 2.78. The number of aryl methyl sites for hydroxylation is 1. The van der Waals surface area contributed by atoms with E-state index in [9.17, 15) is 9.18 Å². The standard InChI is InChI=1S/C13H15FO2/c1-9-5-6-12(8-13(9)14)16-11-4-2-3-10(15)7-11/h5-6,8,11H,2-4,7H2,1H3. The zero-order valence-electron chi connectivity index (χ0n) is 9.33. The van der Waals surface area contributed by atoms with Gasteiger partial charge in [0.1, 0.15) is 23.5 Å². The molecule has 2 nitrogen and oxygen atoms in total. The van der Waals surface area contributed by atoms with Gasteiger partial charge in [-0.3, -0.25) is 4.79 Å². The van der Waals surface area contributed by atoms with Crippen molar-refractivity contribution < 1.29 is 13.9 Å². The van der Waals surface area contributed by atoms with E-state index >= 15 is 0 Å². The summed E-state index contributed by atoms with van der Waals surface area (Å²) in [5, 5.41) is 0. The van der Waals surface area contributed by atoms with Gasteiger partial charge in [-0.15, -0.1) is 0 Å². The molecule has 1 saturated carbocycles. The van der Waals surface area contributed by atoms with Crippen LogP contribution >= 0.6 is 0 Å². The highest BCUT2D eigenvalue weighted by molar-refractivity contribution is 5.79. The highest BCUT2D eigenvalue weighted by atomic mass is 19.1. The van der Waals surface area contributed by atoms with Gasteiger partial charge in [-0.05, 0) is 31.4 Å². The predicted molar refractivity (Wildman–Crippen MR) is 59.0 cm³/mol. The highest BCUT2D eigenvalue weighted by Gasteiger charge is 2.20. The molecule has 0 heterocycles. The first kappa shape index (κ1) is 11.1. The Morgan fingerprint density at radius 1 is 1.44 bits per heavy atom. The summed E-state index contributed by atoms with van der Waals surface area (Å²) in [4.78, 5) is 11.2. The average molecular weight is 222 g/mol. The second kappa shape index (κ2) is 4.64. The molecule has 1 atom stereocenters. The first-order chi connectivity index (χ1) is 7.65. The lowest BCUT2D eigenvalue weighted by molar-refractivity contribution is -0.122. The molecule has 86 valence electrons. The SMILES string of the molecule is Cc1ccc(OC2CCCC(=O)C2)cc1F. The Morgan fingerprint density at radius 3 is 2.94 bits per heavy atom. The molecule has 0 amide bonds. The lowest BCUT2D eigenvalue weighted by Crippen LogP contribution is -2.25. The van der Waals surface area contributed by atoms with Crippen LogP contribution in [0.3, 0.4) is 0 Å². The number of carbonyl (C=O) groups excluding carboxylic acids is 1. The molecule has 2 rings (SSSR count). The van der Waals surface area contributed by atoms with Crippen molar-refractivity contribution in [3.05, 3.63) is 29.6 Å². The van der Waals surface area contributed by atoms with Crippen LogP contribution in [0.1, 0.15) is 31.2 Å². The van der Waals surface area contributed by atoms with E-state index in [0.717, 1.165) is 12.8 Å². The Balaban J connectivity index is 2.03. The minimum absolute atomic E-state index is 0.0802. The van der Waals surface area contributed by atoms with E-state index < -0.39 is 0 Å². The Hall–Kier alpha value is -1.38. The second-order valence-corrected chi connectivity index (χ2v) is 4.29. The van der Waals surface area contributed by atoms with E-state index in [4.69, 9.17) is 4.74 Å². The van der Waals surface area contributed by atoms with Gasteiger partial charge in [0.25, 0.3) is 0 Å². The van der Waals surface area contributed by atoms with E-state index in [0.29, 0.717) is 24.2 Å². The summed E-state index contributed by atoms with van der Waals surface area (Å²) in [5.41, 5.74) is 0.604. The van der Waals surface area contributed by atoms with Crippen LogP contribution < -0.4 is 4.74 Å². The van der Waals surface area contributed by atoms with Gasteiger partial charge in [-0.1, -0.05) is 6.07 Å². The summed E-state index contributed by atoms with van der Waals surface area (Å²) in [7, 11) is 0. The number of hydrogen-bond donors (Lipinski definition) is 0. The molecular formula is C13H15FO2. The topological polar surface area (TPSA) is 26.3 Å². The lowest BCUT2D eigenvalue weighted by Gasteiger charge is -2.22. The van der Waals surface area contributed by atoms with Gasteiger partial charge in [0.05, 0.1) is 0 Å². The molecule has 1 aromatic carbocycles. The Labute approximate surface area is 94.4 Å². The quantitative estimate of drug-likeness (QED) is 0.768. The third-order valence-corrected chi connectivity index (χ3v) is 2.88. The van der Waals surface area contributed by atoms with Crippen LogP contribution in [0.4, 0.5) is 4.39 Å². The molecule has 1 aliphatic carbocycles. The number of halogens is 1. The summed E-state index contributed by atoms with van der Waals surface area (Å²) in [6, 6.07) is 4.82. The molecule has 0 bridgehead atoms. The van der Waals surface area contributed by atoms with Crippen molar-refractivity contribution in [2.24, 2.45) is 0 Å². The van der Waals surface area contributed by atoms with E-state index in [1.54, 1.807) is 19.1 Å². The summed E-state index contributed by atoms with van der Waals surface area (Å²) < 4.78 is 18.9. The van der Waals surface area contributed by atoms with E-state index in [1.807, 2.05) is 0 Å². The van der Waals surface area contributed by atoms with Crippen molar-refractivity contribution in [1.82, 2.24) is 0 Å². The summed E-state index contributed by atoms with van der Waals surface area (Å²) >= 11 is 0.